The third-order valence-corrected chi connectivity index (χ3v) is 6.68. The number of halogens is 5. The Labute approximate surface area is 211 Å². The monoisotopic (exact) mass is 597 g/mol. The lowest BCUT2D eigenvalue weighted by molar-refractivity contribution is -0.274. The summed E-state index contributed by atoms with van der Waals surface area (Å²) >= 11 is 6.89. The van der Waals surface area contributed by atoms with Gasteiger partial charge in [-0.1, -0.05) is 68.3 Å². The minimum atomic E-state index is -4.76. The number of alkyl halides is 3. The lowest BCUT2D eigenvalue weighted by atomic mass is 9.91. The first-order valence-electron chi connectivity index (χ1n) is 10.4. The van der Waals surface area contributed by atoms with Crippen molar-refractivity contribution in [2.45, 2.75) is 31.0 Å². The van der Waals surface area contributed by atoms with Gasteiger partial charge in [0.2, 0.25) is 0 Å². The van der Waals surface area contributed by atoms with Gasteiger partial charge < -0.3 is 14.4 Å². The molecule has 0 spiro atoms. The Balaban J connectivity index is 1.61. The van der Waals surface area contributed by atoms with E-state index in [-0.39, 0.29) is 24.1 Å². The number of rotatable bonds is 5. The number of nitrogens with zero attached hydrogens (tertiary/aromatic N) is 1. The SMILES string of the molecule is CN1C(=O)[C@H](Cc2ccc(OC(F)(F)F)cc2)O[C@@H](c2ccc(Br)cc2)[C@H]1c1ccc(Br)cc1. The number of ether oxygens (including phenoxy) is 2. The van der Waals surface area contributed by atoms with Gasteiger partial charge in [0.25, 0.3) is 5.91 Å². The van der Waals surface area contributed by atoms with Gasteiger partial charge in [-0.25, -0.2) is 0 Å². The number of carbonyl (C=O) groups is 1. The van der Waals surface area contributed by atoms with Crippen molar-refractivity contribution in [1.29, 1.82) is 0 Å². The van der Waals surface area contributed by atoms with Crippen molar-refractivity contribution < 1.29 is 27.4 Å². The lowest BCUT2D eigenvalue weighted by Crippen LogP contribution is -2.49. The minimum absolute atomic E-state index is 0.197. The summed E-state index contributed by atoms with van der Waals surface area (Å²) in [5.41, 5.74) is 2.51. The van der Waals surface area contributed by atoms with E-state index in [0.717, 1.165) is 20.1 Å². The van der Waals surface area contributed by atoms with Crippen LogP contribution in [0.25, 0.3) is 0 Å². The lowest BCUT2D eigenvalue weighted by Gasteiger charge is -2.43. The molecule has 4 rings (SSSR count). The van der Waals surface area contributed by atoms with Crippen LogP contribution in [0.5, 0.6) is 5.75 Å². The smallest absolute Gasteiger partial charge is 0.406 e. The maximum atomic E-state index is 13.3. The van der Waals surface area contributed by atoms with Crippen LogP contribution in [0, 0.1) is 0 Å². The Hall–Kier alpha value is -2.36. The second-order valence-electron chi connectivity index (χ2n) is 7.94. The predicted molar refractivity (Wildman–Crippen MR) is 128 cm³/mol. The van der Waals surface area contributed by atoms with Crippen LogP contribution in [0.3, 0.4) is 0 Å². The summed E-state index contributed by atoms with van der Waals surface area (Å²) in [5.74, 6) is -0.510. The quantitative estimate of drug-likeness (QED) is 0.318. The van der Waals surface area contributed by atoms with E-state index >= 15 is 0 Å². The molecular formula is C25H20Br2F3NO3. The molecule has 0 aliphatic carbocycles. The van der Waals surface area contributed by atoms with Crippen LogP contribution in [-0.2, 0) is 16.0 Å². The summed E-state index contributed by atoms with van der Waals surface area (Å²) in [4.78, 5) is 15.0. The minimum Gasteiger partial charge on any atom is -0.406 e. The topological polar surface area (TPSA) is 38.8 Å². The molecule has 0 saturated carbocycles. The van der Waals surface area contributed by atoms with Gasteiger partial charge in [0.05, 0.1) is 6.04 Å². The molecule has 1 aliphatic heterocycles. The maximum absolute atomic E-state index is 13.3. The first kappa shape index (κ1) is 24.8. The highest BCUT2D eigenvalue weighted by molar-refractivity contribution is 9.10. The Morgan fingerprint density at radius 2 is 1.41 bits per heavy atom. The van der Waals surface area contributed by atoms with Crippen LogP contribution in [-0.4, -0.2) is 30.3 Å². The molecule has 1 amide bonds. The summed E-state index contributed by atoms with van der Waals surface area (Å²) < 4.78 is 49.5. The largest absolute Gasteiger partial charge is 0.573 e. The van der Waals surface area contributed by atoms with E-state index < -0.39 is 18.6 Å². The van der Waals surface area contributed by atoms with Crippen molar-refractivity contribution in [1.82, 2.24) is 4.90 Å². The normalized spacial score (nSPS) is 20.9. The first-order chi connectivity index (χ1) is 16.1. The molecule has 0 N–H and O–H groups in total. The molecular weight excluding hydrogens is 579 g/mol. The fourth-order valence-electron chi connectivity index (χ4n) is 4.03. The van der Waals surface area contributed by atoms with E-state index in [9.17, 15) is 18.0 Å². The summed E-state index contributed by atoms with van der Waals surface area (Å²) in [5, 5.41) is 0. The zero-order valence-electron chi connectivity index (χ0n) is 17.9. The van der Waals surface area contributed by atoms with Crippen molar-refractivity contribution in [3.63, 3.8) is 0 Å². The average molecular weight is 599 g/mol. The fraction of sp³-hybridized carbons (Fsp3) is 0.240. The van der Waals surface area contributed by atoms with Gasteiger partial charge in [0.1, 0.15) is 18.0 Å². The summed E-state index contributed by atoms with van der Waals surface area (Å²) in [6.07, 6.45) is -5.77. The number of morpholine rings is 1. The molecule has 1 saturated heterocycles. The van der Waals surface area contributed by atoms with Gasteiger partial charge in [0.15, 0.2) is 0 Å². The number of amides is 1. The van der Waals surface area contributed by atoms with E-state index in [1.165, 1.54) is 24.3 Å². The van der Waals surface area contributed by atoms with Crippen molar-refractivity contribution in [3.05, 3.63) is 98.4 Å². The maximum Gasteiger partial charge on any atom is 0.573 e. The molecule has 0 aromatic heterocycles. The summed E-state index contributed by atoms with van der Waals surface area (Å²) in [7, 11) is 1.75. The van der Waals surface area contributed by atoms with Gasteiger partial charge >= 0.3 is 6.36 Å². The van der Waals surface area contributed by atoms with Crippen LogP contribution in [0.2, 0.25) is 0 Å². The Morgan fingerprint density at radius 3 is 1.94 bits per heavy atom. The van der Waals surface area contributed by atoms with Crippen LogP contribution >= 0.6 is 31.9 Å². The van der Waals surface area contributed by atoms with E-state index in [0.29, 0.717) is 5.56 Å². The molecule has 3 aromatic rings. The van der Waals surface area contributed by atoms with E-state index in [4.69, 9.17) is 4.74 Å². The summed E-state index contributed by atoms with van der Waals surface area (Å²) in [6.45, 7) is 0. The first-order valence-corrected chi connectivity index (χ1v) is 12.0. The molecule has 3 aromatic carbocycles. The number of hydrogen-bond donors (Lipinski definition) is 0. The van der Waals surface area contributed by atoms with E-state index in [1.807, 2.05) is 48.5 Å². The molecule has 34 heavy (non-hydrogen) atoms. The molecule has 1 aliphatic rings. The average Bonchev–Trinajstić information content (AvgIpc) is 2.78. The Morgan fingerprint density at radius 1 is 0.882 bits per heavy atom. The van der Waals surface area contributed by atoms with Gasteiger partial charge in [0, 0.05) is 22.4 Å². The highest BCUT2D eigenvalue weighted by atomic mass is 79.9. The van der Waals surface area contributed by atoms with Crippen LogP contribution in [0.4, 0.5) is 13.2 Å². The molecule has 0 bridgehead atoms. The highest BCUT2D eigenvalue weighted by Gasteiger charge is 2.42. The second kappa shape index (κ2) is 10.1. The molecule has 1 fully saturated rings. The van der Waals surface area contributed by atoms with Crippen molar-refractivity contribution >= 4 is 37.8 Å². The third kappa shape index (κ3) is 5.82. The molecule has 0 radical (unpaired) electrons. The molecule has 0 unspecified atom stereocenters. The highest BCUT2D eigenvalue weighted by Crippen LogP contribution is 2.42. The van der Waals surface area contributed by atoms with Crippen molar-refractivity contribution in [2.24, 2.45) is 0 Å². The Bertz CT molecular complexity index is 1140. The predicted octanol–water partition coefficient (Wildman–Crippen LogP) is 6.99. The van der Waals surface area contributed by atoms with Crippen LogP contribution < -0.4 is 4.74 Å². The van der Waals surface area contributed by atoms with Crippen LogP contribution in [0.1, 0.15) is 28.8 Å². The van der Waals surface area contributed by atoms with Gasteiger partial charge in [-0.05, 0) is 53.1 Å². The molecule has 9 heteroatoms. The van der Waals surface area contributed by atoms with Gasteiger partial charge in [-0.2, -0.15) is 0 Å². The standard InChI is InChI=1S/C25H20Br2F3NO3/c1-31-22(16-4-8-18(26)9-5-16)23(17-6-10-19(27)11-7-17)33-21(24(31)32)14-15-2-12-20(13-3-15)34-25(28,29)30/h2-13,21-23H,14H2,1H3/t21-,22+,23-/m0/s1. The van der Waals surface area contributed by atoms with Gasteiger partial charge in [-0.15, -0.1) is 13.2 Å². The molecule has 178 valence electrons. The zero-order valence-corrected chi connectivity index (χ0v) is 21.1. The van der Waals surface area contributed by atoms with E-state index in [2.05, 4.69) is 36.6 Å². The summed E-state index contributed by atoms with van der Waals surface area (Å²) in [6, 6.07) is 20.6. The molecule has 1 heterocycles. The van der Waals surface area contributed by atoms with Crippen LogP contribution in [0.15, 0.2) is 81.7 Å². The Kier molecular flexibility index (Phi) is 7.35. The third-order valence-electron chi connectivity index (χ3n) is 5.63. The van der Waals surface area contributed by atoms with Crippen molar-refractivity contribution in [2.75, 3.05) is 7.05 Å². The number of benzene rings is 3. The molecule has 3 atom stereocenters. The number of carbonyl (C=O) groups excluding carboxylic acids is 1. The van der Waals surface area contributed by atoms with Gasteiger partial charge in [-0.3, -0.25) is 4.79 Å². The second-order valence-corrected chi connectivity index (χ2v) is 9.77. The number of likely N-dealkylation sites (N-methyl/N-ethyl adjacent to an activating group) is 1. The molecule has 4 nitrogen and oxygen atoms in total. The zero-order chi connectivity index (χ0) is 24.5. The number of hydrogen-bond acceptors (Lipinski definition) is 3. The fourth-order valence-corrected chi connectivity index (χ4v) is 4.55. The van der Waals surface area contributed by atoms with Crippen molar-refractivity contribution in [3.8, 4) is 5.75 Å². The van der Waals surface area contributed by atoms with E-state index in [1.54, 1.807) is 11.9 Å².